The van der Waals surface area contributed by atoms with Gasteiger partial charge in [0.1, 0.15) is 24.2 Å². The van der Waals surface area contributed by atoms with E-state index >= 15 is 0 Å². The van der Waals surface area contributed by atoms with Crippen molar-refractivity contribution in [1.82, 2.24) is 40.0 Å². The topological polar surface area (TPSA) is 133 Å². The Hall–Kier alpha value is -4.85. The Kier molecular flexibility index (Phi) is 7.66. The number of methoxy groups -OCH3 is 1. The third-order valence-corrected chi connectivity index (χ3v) is 6.24. The molecule has 11 nitrogen and oxygen atoms in total. The van der Waals surface area contributed by atoms with Gasteiger partial charge in [-0.05, 0) is 36.8 Å². The largest absolute Gasteiger partial charge is 0.497 e. The van der Waals surface area contributed by atoms with E-state index in [-0.39, 0.29) is 39.2 Å². The molecule has 41 heavy (non-hydrogen) atoms. The Morgan fingerprint density at radius 1 is 1.05 bits per heavy atom. The zero-order valence-corrected chi connectivity index (χ0v) is 22.3. The standard InChI is InChI=1S/C26H21ClF3N9O2/c1-14(38-22-19-7-17(27)8-20(26(28,29)30)21(19)34-12-35-22)23-36-13-37-39(23)25-32-10-16(11-33-25)24(40)31-9-15-3-5-18(41-2)6-4-15/h3-8,10-14H,9H2,1-2H3,(H,31,40)(H,34,35,38). The van der Waals surface area contributed by atoms with Crippen molar-refractivity contribution in [2.45, 2.75) is 25.7 Å². The molecule has 0 spiro atoms. The van der Waals surface area contributed by atoms with Gasteiger partial charge >= 0.3 is 6.18 Å². The zero-order chi connectivity index (χ0) is 29.1. The number of nitrogens with one attached hydrogen (secondary N) is 2. The summed E-state index contributed by atoms with van der Waals surface area (Å²) in [6.45, 7) is 2.01. The van der Waals surface area contributed by atoms with Crippen molar-refractivity contribution in [3.8, 4) is 11.7 Å². The van der Waals surface area contributed by atoms with Crippen LogP contribution in [0.25, 0.3) is 16.9 Å². The minimum Gasteiger partial charge on any atom is -0.497 e. The number of aromatic nitrogens is 7. The van der Waals surface area contributed by atoms with Crippen molar-refractivity contribution < 1.29 is 22.7 Å². The SMILES string of the molecule is COc1ccc(CNC(=O)c2cnc(-n3ncnc3C(C)Nc3ncnc4c(C(F)(F)F)cc(Cl)cc34)nc2)cc1. The fourth-order valence-electron chi connectivity index (χ4n) is 4.01. The molecule has 2 N–H and O–H groups in total. The normalized spacial score (nSPS) is 12.2. The molecule has 15 heteroatoms. The molecule has 0 saturated heterocycles. The molecule has 0 aliphatic rings. The van der Waals surface area contributed by atoms with Crippen LogP contribution in [-0.2, 0) is 12.7 Å². The first-order chi connectivity index (χ1) is 19.6. The maximum atomic E-state index is 13.6. The number of carbonyl (C=O) groups excluding carboxylic acids is 1. The number of rotatable bonds is 8. The summed E-state index contributed by atoms with van der Waals surface area (Å²) in [5, 5.41) is 9.99. The zero-order valence-electron chi connectivity index (χ0n) is 21.5. The lowest BCUT2D eigenvalue weighted by molar-refractivity contribution is -0.136. The number of anilines is 1. The second-order valence-electron chi connectivity index (χ2n) is 8.77. The second-order valence-corrected chi connectivity index (χ2v) is 9.20. The van der Waals surface area contributed by atoms with E-state index in [0.29, 0.717) is 18.1 Å². The minimum atomic E-state index is -4.66. The van der Waals surface area contributed by atoms with Crippen LogP contribution in [0.5, 0.6) is 5.75 Å². The highest BCUT2D eigenvalue weighted by Gasteiger charge is 2.34. The van der Waals surface area contributed by atoms with Crippen molar-refractivity contribution >= 4 is 34.2 Å². The molecule has 1 unspecified atom stereocenters. The molecule has 2 aromatic carbocycles. The monoisotopic (exact) mass is 583 g/mol. The van der Waals surface area contributed by atoms with E-state index in [0.717, 1.165) is 18.0 Å². The second kappa shape index (κ2) is 11.3. The molecular formula is C26H21ClF3N9O2. The summed E-state index contributed by atoms with van der Waals surface area (Å²) in [4.78, 5) is 33.3. The number of amides is 1. The van der Waals surface area contributed by atoms with E-state index in [1.807, 2.05) is 12.1 Å². The van der Waals surface area contributed by atoms with Gasteiger partial charge in [0.2, 0.25) is 0 Å². The van der Waals surface area contributed by atoms with Gasteiger partial charge in [-0.1, -0.05) is 23.7 Å². The molecule has 1 atom stereocenters. The van der Waals surface area contributed by atoms with E-state index in [1.165, 1.54) is 29.5 Å². The van der Waals surface area contributed by atoms with E-state index in [1.54, 1.807) is 26.2 Å². The summed E-state index contributed by atoms with van der Waals surface area (Å²) >= 11 is 5.98. The highest BCUT2D eigenvalue weighted by Crippen LogP contribution is 2.38. The highest BCUT2D eigenvalue weighted by atomic mass is 35.5. The van der Waals surface area contributed by atoms with Gasteiger partial charge in [-0.15, -0.1) is 0 Å². The molecule has 5 rings (SSSR count). The van der Waals surface area contributed by atoms with Crippen molar-refractivity contribution in [2.24, 2.45) is 0 Å². The summed E-state index contributed by atoms with van der Waals surface area (Å²) in [5.41, 5.74) is -0.140. The summed E-state index contributed by atoms with van der Waals surface area (Å²) in [5.74, 6) is 0.939. The van der Waals surface area contributed by atoms with Gasteiger partial charge in [-0.3, -0.25) is 4.79 Å². The van der Waals surface area contributed by atoms with E-state index < -0.39 is 17.8 Å². The smallest absolute Gasteiger partial charge is 0.418 e. The van der Waals surface area contributed by atoms with E-state index in [9.17, 15) is 18.0 Å². The molecule has 0 radical (unpaired) electrons. The summed E-state index contributed by atoms with van der Waals surface area (Å²) in [6.07, 6.45) is 0.369. The first-order valence-corrected chi connectivity index (χ1v) is 12.4. The molecule has 0 bridgehead atoms. The quantitative estimate of drug-likeness (QED) is 0.265. The molecule has 1 amide bonds. The maximum Gasteiger partial charge on any atom is 0.418 e. The predicted molar refractivity (Wildman–Crippen MR) is 143 cm³/mol. The number of hydrogen-bond acceptors (Lipinski definition) is 9. The number of fused-ring (bicyclic) bond motifs is 1. The Morgan fingerprint density at radius 2 is 1.78 bits per heavy atom. The third kappa shape index (κ3) is 6.01. The molecule has 0 aliphatic carbocycles. The molecule has 0 fully saturated rings. The number of nitrogens with zero attached hydrogens (tertiary/aromatic N) is 7. The average molecular weight is 584 g/mol. The fourth-order valence-corrected chi connectivity index (χ4v) is 4.23. The number of alkyl halides is 3. The van der Waals surface area contributed by atoms with Gasteiger partial charge in [0.15, 0.2) is 5.82 Å². The molecule has 3 aromatic heterocycles. The van der Waals surface area contributed by atoms with Crippen LogP contribution >= 0.6 is 11.6 Å². The van der Waals surface area contributed by atoms with Gasteiger partial charge in [0.05, 0.1) is 29.8 Å². The van der Waals surface area contributed by atoms with Crippen LogP contribution < -0.4 is 15.4 Å². The van der Waals surface area contributed by atoms with Gasteiger partial charge in [-0.25, -0.2) is 24.9 Å². The Bertz CT molecular complexity index is 1690. The van der Waals surface area contributed by atoms with Crippen LogP contribution in [0.1, 0.15) is 40.3 Å². The average Bonchev–Trinajstić information content (AvgIpc) is 3.46. The van der Waals surface area contributed by atoms with Crippen LogP contribution in [0.3, 0.4) is 0 Å². The first-order valence-electron chi connectivity index (χ1n) is 12.1. The molecule has 3 heterocycles. The van der Waals surface area contributed by atoms with Crippen LogP contribution in [0.4, 0.5) is 19.0 Å². The minimum absolute atomic E-state index is 0.0893. The molecule has 5 aromatic rings. The first kappa shape index (κ1) is 27.7. The lowest BCUT2D eigenvalue weighted by Gasteiger charge is -2.17. The summed E-state index contributed by atoms with van der Waals surface area (Å²) < 4.78 is 47.2. The van der Waals surface area contributed by atoms with Gasteiger partial charge < -0.3 is 15.4 Å². The number of carbonyl (C=O) groups is 1. The van der Waals surface area contributed by atoms with Crippen LogP contribution in [0.15, 0.2) is 61.4 Å². The van der Waals surface area contributed by atoms with Crippen molar-refractivity contribution in [3.63, 3.8) is 0 Å². The summed E-state index contributed by atoms with van der Waals surface area (Å²) in [7, 11) is 1.58. The van der Waals surface area contributed by atoms with Gasteiger partial charge in [-0.2, -0.15) is 23.0 Å². The van der Waals surface area contributed by atoms with Crippen LogP contribution in [0.2, 0.25) is 5.02 Å². The van der Waals surface area contributed by atoms with Crippen molar-refractivity contribution in [2.75, 3.05) is 12.4 Å². The Labute approximate surface area is 235 Å². The lowest BCUT2D eigenvalue weighted by atomic mass is 10.1. The maximum absolute atomic E-state index is 13.6. The van der Waals surface area contributed by atoms with Crippen molar-refractivity contribution in [3.05, 3.63) is 89.0 Å². The van der Waals surface area contributed by atoms with Crippen LogP contribution in [0, 0.1) is 0 Å². The van der Waals surface area contributed by atoms with Gasteiger partial charge in [0, 0.05) is 29.3 Å². The number of benzene rings is 2. The number of hydrogen-bond donors (Lipinski definition) is 2. The fraction of sp³-hybridized carbons (Fsp3) is 0.192. The van der Waals surface area contributed by atoms with Crippen LogP contribution in [-0.4, -0.2) is 47.7 Å². The molecule has 0 saturated carbocycles. The highest BCUT2D eigenvalue weighted by molar-refractivity contribution is 6.31. The predicted octanol–water partition coefficient (Wildman–Crippen LogP) is 4.78. The van der Waals surface area contributed by atoms with E-state index in [2.05, 4.69) is 40.7 Å². The van der Waals surface area contributed by atoms with E-state index in [4.69, 9.17) is 16.3 Å². The lowest BCUT2D eigenvalue weighted by Crippen LogP contribution is -2.23. The van der Waals surface area contributed by atoms with Gasteiger partial charge in [0.25, 0.3) is 11.9 Å². The third-order valence-electron chi connectivity index (χ3n) is 6.03. The molecule has 0 aliphatic heterocycles. The summed E-state index contributed by atoms with van der Waals surface area (Å²) in [6, 6.07) is 8.84. The molecular weight excluding hydrogens is 563 g/mol. The molecule has 210 valence electrons. The number of halogens is 4. The number of ether oxygens (including phenoxy) is 1. The Morgan fingerprint density at radius 3 is 2.46 bits per heavy atom. The van der Waals surface area contributed by atoms with Crippen molar-refractivity contribution in [1.29, 1.82) is 0 Å². The Balaban J connectivity index is 1.32.